The van der Waals surface area contributed by atoms with E-state index in [0.717, 1.165) is 5.56 Å². The van der Waals surface area contributed by atoms with Crippen LogP contribution in [0.25, 0.3) is 0 Å². The Bertz CT molecular complexity index is 343. The van der Waals surface area contributed by atoms with Crippen LogP contribution in [-0.2, 0) is 11.4 Å². The number of benzene rings is 1. The van der Waals surface area contributed by atoms with E-state index in [1.54, 1.807) is 13.2 Å². The fourth-order valence-corrected chi connectivity index (χ4v) is 1.51. The highest BCUT2D eigenvalue weighted by Gasteiger charge is 2.20. The highest BCUT2D eigenvalue weighted by atomic mass is 35.5. The maximum Gasteiger partial charge on any atom is 0.231 e. The van der Waals surface area contributed by atoms with Gasteiger partial charge in [-0.05, 0) is 6.07 Å². The number of nitrogens with one attached hydrogen (secondary N) is 1. The molecule has 0 bridgehead atoms. The highest BCUT2D eigenvalue weighted by Crippen LogP contribution is 2.41. The zero-order valence-corrected chi connectivity index (χ0v) is 8.43. The minimum atomic E-state index is 0.221. The van der Waals surface area contributed by atoms with Gasteiger partial charge < -0.3 is 14.3 Å². The summed E-state index contributed by atoms with van der Waals surface area (Å²) in [6.45, 7) is 0.776. The largest absolute Gasteiger partial charge is 0.453 e. The molecule has 0 atom stereocenters. The SMILES string of the molecule is CONCc1ccc(Cl)c2c1OCO2. The summed E-state index contributed by atoms with van der Waals surface area (Å²) in [4.78, 5) is 4.76. The van der Waals surface area contributed by atoms with E-state index in [0.29, 0.717) is 23.1 Å². The van der Waals surface area contributed by atoms with Gasteiger partial charge >= 0.3 is 0 Å². The quantitative estimate of drug-likeness (QED) is 0.780. The zero-order chi connectivity index (χ0) is 9.97. The third-order valence-corrected chi connectivity index (χ3v) is 2.26. The lowest BCUT2D eigenvalue weighted by Gasteiger charge is -2.06. The Morgan fingerprint density at radius 3 is 3.00 bits per heavy atom. The Morgan fingerprint density at radius 1 is 1.43 bits per heavy atom. The van der Waals surface area contributed by atoms with Crippen molar-refractivity contribution in [1.29, 1.82) is 0 Å². The van der Waals surface area contributed by atoms with Gasteiger partial charge in [-0.25, -0.2) is 0 Å². The molecule has 76 valence electrons. The zero-order valence-electron chi connectivity index (χ0n) is 7.67. The summed E-state index contributed by atoms with van der Waals surface area (Å²) in [7, 11) is 1.56. The second kappa shape index (κ2) is 4.04. The van der Waals surface area contributed by atoms with Crippen LogP contribution in [0.4, 0.5) is 0 Å². The van der Waals surface area contributed by atoms with Crippen molar-refractivity contribution in [3.05, 3.63) is 22.7 Å². The number of hydrogen-bond acceptors (Lipinski definition) is 4. The number of ether oxygens (including phenoxy) is 2. The van der Waals surface area contributed by atoms with Crippen LogP contribution in [0.3, 0.4) is 0 Å². The molecule has 2 rings (SSSR count). The molecule has 1 N–H and O–H groups in total. The lowest BCUT2D eigenvalue weighted by molar-refractivity contribution is 0.0858. The van der Waals surface area contributed by atoms with Gasteiger partial charge in [0.05, 0.1) is 12.1 Å². The van der Waals surface area contributed by atoms with E-state index in [2.05, 4.69) is 5.48 Å². The topological polar surface area (TPSA) is 39.7 Å². The molecular weight excluding hydrogens is 206 g/mol. The minimum Gasteiger partial charge on any atom is -0.453 e. The Kier molecular flexibility index (Phi) is 2.77. The van der Waals surface area contributed by atoms with Crippen molar-refractivity contribution in [3.63, 3.8) is 0 Å². The molecule has 0 aromatic heterocycles. The van der Waals surface area contributed by atoms with Crippen LogP contribution in [0.2, 0.25) is 5.02 Å². The molecule has 0 fully saturated rings. The first-order chi connectivity index (χ1) is 6.83. The lowest BCUT2D eigenvalue weighted by atomic mass is 10.2. The van der Waals surface area contributed by atoms with Gasteiger partial charge in [-0.1, -0.05) is 17.7 Å². The Labute approximate surface area is 86.7 Å². The molecule has 1 heterocycles. The third kappa shape index (κ3) is 1.64. The number of fused-ring (bicyclic) bond motifs is 1. The van der Waals surface area contributed by atoms with Crippen LogP contribution in [-0.4, -0.2) is 13.9 Å². The van der Waals surface area contributed by atoms with E-state index >= 15 is 0 Å². The van der Waals surface area contributed by atoms with Crippen LogP contribution in [0.1, 0.15) is 5.56 Å². The van der Waals surface area contributed by atoms with Crippen molar-refractivity contribution >= 4 is 11.6 Å². The van der Waals surface area contributed by atoms with E-state index in [9.17, 15) is 0 Å². The van der Waals surface area contributed by atoms with Crippen molar-refractivity contribution < 1.29 is 14.3 Å². The Hall–Kier alpha value is -0.970. The smallest absolute Gasteiger partial charge is 0.231 e. The average molecular weight is 216 g/mol. The maximum atomic E-state index is 5.92. The first kappa shape index (κ1) is 9.58. The molecule has 0 amide bonds. The van der Waals surface area contributed by atoms with Crippen LogP contribution < -0.4 is 15.0 Å². The molecule has 1 aromatic rings. The minimum absolute atomic E-state index is 0.221. The maximum absolute atomic E-state index is 5.92. The Balaban J connectivity index is 2.29. The Morgan fingerprint density at radius 2 is 2.21 bits per heavy atom. The predicted octanol–water partition coefficient (Wildman–Crippen LogP) is 1.72. The number of halogens is 1. The van der Waals surface area contributed by atoms with Crippen LogP contribution in [0.5, 0.6) is 11.5 Å². The van der Waals surface area contributed by atoms with Gasteiger partial charge in [-0.3, -0.25) is 0 Å². The molecule has 0 aliphatic carbocycles. The summed E-state index contributed by atoms with van der Waals surface area (Å²) < 4.78 is 10.5. The van der Waals surface area contributed by atoms with Gasteiger partial charge in [0.1, 0.15) is 0 Å². The molecule has 1 aliphatic rings. The standard InChI is InChI=1S/C9H10ClNO3/c1-12-11-4-6-2-3-7(10)9-8(6)13-5-14-9/h2-3,11H,4-5H2,1H3. The lowest BCUT2D eigenvalue weighted by Crippen LogP contribution is -2.11. The fourth-order valence-electron chi connectivity index (χ4n) is 1.31. The molecule has 0 saturated heterocycles. The summed E-state index contributed by atoms with van der Waals surface area (Å²) in [6.07, 6.45) is 0. The summed E-state index contributed by atoms with van der Waals surface area (Å²) in [5.41, 5.74) is 3.70. The molecule has 0 unspecified atom stereocenters. The van der Waals surface area contributed by atoms with Gasteiger partial charge in [0, 0.05) is 12.1 Å². The van der Waals surface area contributed by atoms with Gasteiger partial charge in [-0.2, -0.15) is 5.48 Å². The van der Waals surface area contributed by atoms with E-state index in [4.69, 9.17) is 25.9 Å². The molecule has 0 radical (unpaired) electrons. The molecule has 1 aliphatic heterocycles. The van der Waals surface area contributed by atoms with E-state index < -0.39 is 0 Å². The summed E-state index contributed by atoms with van der Waals surface area (Å²) in [5.74, 6) is 1.31. The number of rotatable bonds is 3. The van der Waals surface area contributed by atoms with Crippen LogP contribution in [0, 0.1) is 0 Å². The number of hydroxylamine groups is 1. The first-order valence-electron chi connectivity index (χ1n) is 4.15. The monoisotopic (exact) mass is 215 g/mol. The van der Waals surface area contributed by atoms with E-state index in [1.165, 1.54) is 0 Å². The van der Waals surface area contributed by atoms with Crippen molar-refractivity contribution in [2.75, 3.05) is 13.9 Å². The van der Waals surface area contributed by atoms with Crippen LogP contribution >= 0.6 is 11.6 Å². The summed E-state index contributed by atoms with van der Waals surface area (Å²) in [6, 6.07) is 3.66. The van der Waals surface area contributed by atoms with Crippen molar-refractivity contribution in [2.45, 2.75) is 6.54 Å². The van der Waals surface area contributed by atoms with Gasteiger partial charge in [0.15, 0.2) is 11.5 Å². The van der Waals surface area contributed by atoms with Crippen molar-refractivity contribution in [3.8, 4) is 11.5 Å². The van der Waals surface area contributed by atoms with Crippen molar-refractivity contribution in [2.24, 2.45) is 0 Å². The highest BCUT2D eigenvalue weighted by molar-refractivity contribution is 6.32. The summed E-state index contributed by atoms with van der Waals surface area (Å²) >= 11 is 5.92. The summed E-state index contributed by atoms with van der Waals surface area (Å²) in [5, 5.41) is 0.568. The normalized spacial score (nSPS) is 13.3. The third-order valence-electron chi connectivity index (χ3n) is 1.96. The first-order valence-corrected chi connectivity index (χ1v) is 4.53. The van der Waals surface area contributed by atoms with Gasteiger partial charge in [0.2, 0.25) is 6.79 Å². The van der Waals surface area contributed by atoms with Gasteiger partial charge in [0.25, 0.3) is 0 Å². The van der Waals surface area contributed by atoms with E-state index in [-0.39, 0.29) is 6.79 Å². The van der Waals surface area contributed by atoms with Crippen molar-refractivity contribution in [1.82, 2.24) is 5.48 Å². The molecule has 4 nitrogen and oxygen atoms in total. The molecule has 1 aromatic carbocycles. The van der Waals surface area contributed by atoms with E-state index in [1.807, 2.05) is 6.07 Å². The molecule has 0 spiro atoms. The molecule has 14 heavy (non-hydrogen) atoms. The fraction of sp³-hybridized carbons (Fsp3) is 0.333. The second-order valence-electron chi connectivity index (χ2n) is 2.80. The van der Waals surface area contributed by atoms with Gasteiger partial charge in [-0.15, -0.1) is 0 Å². The second-order valence-corrected chi connectivity index (χ2v) is 3.20. The molecule has 0 saturated carbocycles. The molecular formula is C9H10ClNO3. The predicted molar refractivity (Wildman–Crippen MR) is 51.4 cm³/mol. The number of hydrogen-bond donors (Lipinski definition) is 1. The van der Waals surface area contributed by atoms with Crippen LogP contribution in [0.15, 0.2) is 12.1 Å². The molecule has 5 heteroatoms. The average Bonchev–Trinajstić information content (AvgIpc) is 2.66.